The predicted octanol–water partition coefficient (Wildman–Crippen LogP) is -7.90. The van der Waals surface area contributed by atoms with Crippen molar-refractivity contribution in [3.05, 3.63) is 12.2 Å². The van der Waals surface area contributed by atoms with Crippen LogP contribution in [0.5, 0.6) is 0 Å². The average molecular weight is 619 g/mol. The molecule has 6 saturated heterocycles. The van der Waals surface area contributed by atoms with Crippen LogP contribution in [-0.4, -0.2) is 135 Å². The van der Waals surface area contributed by atoms with E-state index < -0.39 is 6.10 Å². The molecule has 7 heterocycles. The van der Waals surface area contributed by atoms with Gasteiger partial charge in [-0.15, -0.1) is 0 Å². The van der Waals surface area contributed by atoms with Gasteiger partial charge in [-0.05, 0) is 0 Å². The van der Waals surface area contributed by atoms with Gasteiger partial charge in [0.15, 0.2) is 18.6 Å². The quantitative estimate of drug-likeness (QED) is 0.0630. The number of hydrogen-bond donors (Lipinski definition) is 5. The standard InChI is InChI=1S/C4H9NO4.C4H9NO2.C4H7NO.C4H6O2.C4H6O.CH4.H3N.Na.OS.2H2O/c5-3-1-7-2-4(3)8-9-6;5-3-1-7-2-4(3)6;1-3-4(5-3)2-6-1;1-3-4(6-3)2-5-1;1-2-4-5-3-1;;;;1-2;;/h3-4,6H,1-2,5H2;3-4,6H,1-2,5H2;3-5H,1-2H2;3-4H,1-2H2;1-2H,3-4H2;1H4;1H3;;;2*1H2/q;;;;;;;+1;;;/p-1/t2*3-,4-;3-,4+;;;;;;;;/m11........./s1. The Kier molecular flexibility index (Phi) is 32.9. The SMILES string of the molecule is C.C1=CCOC1.C1OCC2OC12.C1OC[C@H]2N[C@@H]12.N.N[C@@H]1COC[C@H]1O.O.O=S.[NH3+][C@@H]1COC[C@H]1OO[O-].[Na+].[OH-]. The maximum Gasteiger partial charge on any atom is 1.00 e. The van der Waals surface area contributed by atoms with Gasteiger partial charge in [0.25, 0.3) is 0 Å². The number of rotatable bonds is 2. The third kappa shape index (κ3) is 19.3. The fourth-order valence-corrected chi connectivity index (χ4v) is 3.28. The number of morpholine rings is 1. The van der Waals surface area contributed by atoms with E-state index in [9.17, 15) is 5.26 Å². The van der Waals surface area contributed by atoms with Crippen molar-refractivity contribution in [2.24, 2.45) is 5.73 Å². The summed E-state index contributed by atoms with van der Waals surface area (Å²) < 4.78 is 37.4. The smallest absolute Gasteiger partial charge is 0.870 e. The molecule has 13 N–H and O–H groups in total. The van der Waals surface area contributed by atoms with E-state index >= 15 is 0 Å². The molecule has 236 valence electrons. The molecule has 6 fully saturated rings. The van der Waals surface area contributed by atoms with Gasteiger partial charge in [-0.25, -0.2) is 4.89 Å². The van der Waals surface area contributed by atoms with Crippen LogP contribution in [0.3, 0.4) is 0 Å². The molecule has 8 atom stereocenters. The van der Waals surface area contributed by atoms with Crippen molar-refractivity contribution in [2.75, 3.05) is 66.1 Å². The zero-order valence-corrected chi connectivity index (χ0v) is 25.0. The topological polar surface area (TPSA) is 310 Å². The van der Waals surface area contributed by atoms with Crippen molar-refractivity contribution >= 4 is 12.5 Å². The van der Waals surface area contributed by atoms with E-state index in [1.165, 1.54) is 0 Å². The van der Waals surface area contributed by atoms with Gasteiger partial charge < -0.3 is 72.7 Å². The summed E-state index contributed by atoms with van der Waals surface area (Å²) in [4.78, 5) is 4.27. The summed E-state index contributed by atoms with van der Waals surface area (Å²) in [5.41, 5.74) is 8.97. The molecular formula is C21H47N4NaO13S. The zero-order chi connectivity index (χ0) is 25.5. The number of hydrogen-bond acceptors (Lipinski definition) is 16. The summed E-state index contributed by atoms with van der Waals surface area (Å²) in [7, 11) is 0. The first-order valence-corrected chi connectivity index (χ1v) is 11.8. The number of aliphatic hydroxyl groups excluding tert-OH is 1. The van der Waals surface area contributed by atoms with Crippen LogP contribution >= 0.6 is 0 Å². The van der Waals surface area contributed by atoms with Crippen LogP contribution in [-0.2, 0) is 50.9 Å². The van der Waals surface area contributed by atoms with E-state index in [2.05, 4.69) is 33.5 Å². The van der Waals surface area contributed by atoms with Crippen molar-refractivity contribution < 1.29 is 99.2 Å². The van der Waals surface area contributed by atoms with Gasteiger partial charge >= 0.3 is 29.6 Å². The molecule has 17 nitrogen and oxygen atoms in total. The summed E-state index contributed by atoms with van der Waals surface area (Å²) in [6.45, 7) is 7.05. The first-order chi connectivity index (χ1) is 17.1. The Morgan fingerprint density at radius 2 is 1.40 bits per heavy atom. The molecule has 19 heteroatoms. The van der Waals surface area contributed by atoms with E-state index in [1.54, 1.807) is 0 Å². The molecule has 0 bridgehead atoms. The van der Waals surface area contributed by atoms with Gasteiger partial charge in [-0.1, -0.05) is 19.6 Å². The Hall–Kier alpha value is 0.120. The summed E-state index contributed by atoms with van der Waals surface area (Å²) in [6.07, 6.45) is 4.29. The summed E-state index contributed by atoms with van der Waals surface area (Å²) >= 11 is 2.83. The van der Waals surface area contributed by atoms with E-state index in [-0.39, 0.29) is 72.3 Å². The molecule has 0 spiro atoms. The number of fused-ring (bicyclic) bond motifs is 2. The first-order valence-electron chi connectivity index (χ1n) is 11.4. The molecule has 0 aromatic rings. The molecule has 7 aliphatic heterocycles. The molecule has 7 rings (SSSR count). The van der Waals surface area contributed by atoms with E-state index in [0.29, 0.717) is 38.6 Å². The second kappa shape index (κ2) is 27.9. The van der Waals surface area contributed by atoms with Gasteiger partial charge in [-0.2, -0.15) is 4.21 Å². The molecular weight excluding hydrogens is 571 g/mol. The molecule has 0 saturated carbocycles. The monoisotopic (exact) mass is 618 g/mol. The van der Waals surface area contributed by atoms with Crippen LogP contribution in [0.15, 0.2) is 12.2 Å². The van der Waals surface area contributed by atoms with Crippen molar-refractivity contribution in [1.82, 2.24) is 11.5 Å². The average Bonchev–Trinajstić information content (AvgIpc) is 3.40. The minimum absolute atomic E-state index is 0. The number of nitrogens with one attached hydrogen (secondary N) is 1. The number of nitrogens with two attached hydrogens (primary N) is 1. The summed E-state index contributed by atoms with van der Waals surface area (Å²) in [5.74, 6) is 0. The molecule has 0 aromatic carbocycles. The maximum atomic E-state index is 9.43. The Balaban J connectivity index is -0.000000195. The Bertz CT molecular complexity index is 561. The number of epoxide rings is 1. The normalized spacial score (nSPS) is 33.6. The first kappa shape index (κ1) is 47.1. The van der Waals surface area contributed by atoms with Gasteiger partial charge in [0, 0.05) is 12.1 Å². The van der Waals surface area contributed by atoms with Crippen molar-refractivity contribution in [1.29, 1.82) is 0 Å². The third-order valence-corrected chi connectivity index (χ3v) is 5.64. The van der Waals surface area contributed by atoms with Crippen LogP contribution < -0.4 is 57.7 Å². The molecule has 0 radical (unpaired) electrons. The second-order valence-corrected chi connectivity index (χ2v) is 8.45. The van der Waals surface area contributed by atoms with Gasteiger partial charge in [0.05, 0.1) is 71.6 Å². The van der Waals surface area contributed by atoms with Crippen LogP contribution in [0.1, 0.15) is 7.43 Å². The molecule has 0 aromatic heterocycles. The summed E-state index contributed by atoms with van der Waals surface area (Å²) in [5, 5.41) is 24.6. The molecule has 0 aliphatic carbocycles. The molecule has 2 unspecified atom stereocenters. The van der Waals surface area contributed by atoms with Gasteiger partial charge in [0.2, 0.25) is 0 Å². The van der Waals surface area contributed by atoms with E-state index in [1.807, 2.05) is 12.2 Å². The Morgan fingerprint density at radius 1 is 0.900 bits per heavy atom. The minimum atomic E-state index is -0.431. The second-order valence-electron chi connectivity index (χ2n) is 8.45. The van der Waals surface area contributed by atoms with Crippen molar-refractivity contribution in [3.8, 4) is 0 Å². The largest absolute Gasteiger partial charge is 1.00 e. The van der Waals surface area contributed by atoms with E-state index in [0.717, 1.165) is 51.7 Å². The fourth-order valence-electron chi connectivity index (χ4n) is 3.28. The van der Waals surface area contributed by atoms with Crippen LogP contribution in [0, 0.1) is 0 Å². The molecule has 7 aliphatic rings. The van der Waals surface area contributed by atoms with Gasteiger partial charge in [0.1, 0.15) is 24.9 Å². The van der Waals surface area contributed by atoms with Gasteiger partial charge in [-0.3, -0.25) is 5.04 Å². The maximum absolute atomic E-state index is 9.43. The van der Waals surface area contributed by atoms with Crippen LogP contribution in [0.2, 0.25) is 0 Å². The van der Waals surface area contributed by atoms with Crippen LogP contribution in [0.25, 0.3) is 0 Å². The van der Waals surface area contributed by atoms with E-state index in [4.69, 9.17) is 43.5 Å². The number of aliphatic hydroxyl groups is 1. The fraction of sp³-hybridized carbons (Fsp3) is 0.905. The Morgan fingerprint density at radius 3 is 1.60 bits per heavy atom. The zero-order valence-electron chi connectivity index (χ0n) is 22.2. The van der Waals surface area contributed by atoms with Crippen molar-refractivity contribution in [2.45, 2.75) is 56.0 Å². The Labute approximate surface area is 262 Å². The van der Waals surface area contributed by atoms with Crippen LogP contribution in [0.4, 0.5) is 0 Å². The third-order valence-electron chi connectivity index (χ3n) is 5.64. The number of ether oxygens (including phenoxy) is 6. The summed E-state index contributed by atoms with van der Waals surface area (Å²) in [6, 6.07) is 1.34. The molecule has 0 amide bonds. The van der Waals surface area contributed by atoms with Crippen molar-refractivity contribution in [3.63, 3.8) is 0 Å². The minimum Gasteiger partial charge on any atom is -0.870 e. The predicted molar refractivity (Wildman–Crippen MR) is 135 cm³/mol. The number of quaternary nitrogens is 1. The molecule has 40 heavy (non-hydrogen) atoms.